The smallest absolute Gasteiger partial charge is 0.210 e. The van der Waals surface area contributed by atoms with Crippen molar-refractivity contribution in [1.29, 1.82) is 5.26 Å². The summed E-state index contributed by atoms with van der Waals surface area (Å²) in [6.45, 7) is 0. The number of sulfonamides is 1. The molecule has 8 heteroatoms. The average Bonchev–Trinajstić information content (AvgIpc) is 2.43. The number of hydrogen-bond acceptors (Lipinski definition) is 5. The van der Waals surface area contributed by atoms with Crippen LogP contribution in [0, 0.1) is 11.3 Å². The Morgan fingerprint density at radius 3 is 2.14 bits per heavy atom. The first kappa shape index (κ1) is 15.4. The monoisotopic (exact) mass is 324 g/mol. The third kappa shape index (κ3) is 3.39. The van der Waals surface area contributed by atoms with Crippen molar-refractivity contribution < 1.29 is 16.8 Å². The van der Waals surface area contributed by atoms with Gasteiger partial charge in [-0.25, -0.2) is 22.0 Å². The van der Waals surface area contributed by atoms with Crippen LogP contribution >= 0.6 is 0 Å². The summed E-state index contributed by atoms with van der Waals surface area (Å²) in [7, 11) is -7.68. The molecule has 21 heavy (non-hydrogen) atoms. The summed E-state index contributed by atoms with van der Waals surface area (Å²) in [5, 5.41) is 14.8. The summed E-state index contributed by atoms with van der Waals surface area (Å²) in [5.41, 5.74) is 0.357. The number of nitrogens with two attached hydrogens (primary N) is 1. The van der Waals surface area contributed by atoms with Gasteiger partial charge in [0.1, 0.15) is 0 Å². The molecular formula is C13H12N2O4S2. The van der Waals surface area contributed by atoms with Crippen LogP contribution in [0.2, 0.25) is 0 Å². The first-order valence-electron chi connectivity index (χ1n) is 5.90. The van der Waals surface area contributed by atoms with Crippen LogP contribution in [0.5, 0.6) is 0 Å². The molecule has 0 aliphatic carbocycles. The van der Waals surface area contributed by atoms with Crippen LogP contribution in [0.4, 0.5) is 0 Å². The number of primary sulfonamides is 1. The molecule has 0 bridgehead atoms. The normalized spacial score (nSPS) is 12.2. The summed E-state index contributed by atoms with van der Waals surface area (Å²) in [6.07, 6.45) is 0. The van der Waals surface area contributed by atoms with Gasteiger partial charge in [-0.1, -0.05) is 24.3 Å². The standard InChI is InChI=1S/C13H12N2O4S2/c14-9-10-5-6-13(12-4-2-1-3-11(10)12)20(16,17)7-8-21(15,18)19/h1-6H,7-8H2,(H2,15,18,19). The first-order valence-corrected chi connectivity index (χ1v) is 9.26. The summed E-state index contributed by atoms with van der Waals surface area (Å²) >= 11 is 0. The van der Waals surface area contributed by atoms with E-state index in [-0.39, 0.29) is 4.90 Å². The number of benzene rings is 2. The van der Waals surface area contributed by atoms with Crippen molar-refractivity contribution >= 4 is 30.6 Å². The molecule has 0 heterocycles. The molecule has 110 valence electrons. The Balaban J connectivity index is 2.60. The second-order valence-electron chi connectivity index (χ2n) is 4.45. The lowest BCUT2D eigenvalue weighted by molar-refractivity contribution is 0.589. The first-order chi connectivity index (χ1) is 9.74. The minimum Gasteiger partial charge on any atom is -0.229 e. The number of nitriles is 1. The molecule has 6 nitrogen and oxygen atoms in total. The zero-order chi connectivity index (χ0) is 15.7. The van der Waals surface area contributed by atoms with Gasteiger partial charge >= 0.3 is 0 Å². The van der Waals surface area contributed by atoms with Crippen molar-refractivity contribution in [2.24, 2.45) is 5.14 Å². The van der Waals surface area contributed by atoms with Crippen molar-refractivity contribution in [3.63, 3.8) is 0 Å². The highest BCUT2D eigenvalue weighted by Gasteiger charge is 2.20. The van der Waals surface area contributed by atoms with Crippen LogP contribution in [0.15, 0.2) is 41.3 Å². The summed E-state index contributed by atoms with van der Waals surface area (Å²) < 4.78 is 46.5. The van der Waals surface area contributed by atoms with E-state index in [0.717, 1.165) is 0 Å². The molecule has 0 saturated carbocycles. The summed E-state index contributed by atoms with van der Waals surface area (Å²) in [5.74, 6) is -1.24. The lowest BCUT2D eigenvalue weighted by Gasteiger charge is -2.08. The summed E-state index contributed by atoms with van der Waals surface area (Å²) in [4.78, 5) is 0.000694. The number of nitrogens with zero attached hydrogens (tertiary/aromatic N) is 1. The lowest BCUT2D eigenvalue weighted by atomic mass is 10.1. The van der Waals surface area contributed by atoms with Crippen LogP contribution in [0.3, 0.4) is 0 Å². The van der Waals surface area contributed by atoms with Gasteiger partial charge in [0.15, 0.2) is 9.84 Å². The fraction of sp³-hybridized carbons (Fsp3) is 0.154. The van der Waals surface area contributed by atoms with Gasteiger partial charge < -0.3 is 0 Å². The molecule has 2 aromatic rings. The predicted octanol–water partition coefficient (Wildman–Crippen LogP) is 0.774. The zero-order valence-corrected chi connectivity index (χ0v) is 12.5. The molecule has 0 amide bonds. The molecule has 0 unspecified atom stereocenters. The third-order valence-corrected chi connectivity index (χ3v) is 5.78. The quantitative estimate of drug-likeness (QED) is 0.891. The predicted molar refractivity (Wildman–Crippen MR) is 78.7 cm³/mol. The number of rotatable bonds is 4. The third-order valence-electron chi connectivity index (χ3n) is 2.98. The van der Waals surface area contributed by atoms with Crippen LogP contribution < -0.4 is 5.14 Å². The van der Waals surface area contributed by atoms with E-state index in [1.54, 1.807) is 24.3 Å². The second-order valence-corrected chi connectivity index (χ2v) is 8.27. The van der Waals surface area contributed by atoms with Crippen molar-refractivity contribution in [1.82, 2.24) is 0 Å². The van der Waals surface area contributed by atoms with Crippen molar-refractivity contribution in [3.05, 3.63) is 42.0 Å². The van der Waals surface area contributed by atoms with Crippen molar-refractivity contribution in [3.8, 4) is 6.07 Å². The Hall–Kier alpha value is -1.95. The Labute approximate surface area is 122 Å². The lowest BCUT2D eigenvalue weighted by Crippen LogP contribution is -2.23. The highest BCUT2D eigenvalue weighted by molar-refractivity contribution is 7.94. The molecule has 0 aliphatic heterocycles. The highest BCUT2D eigenvalue weighted by atomic mass is 32.2. The van der Waals surface area contributed by atoms with Gasteiger partial charge in [0.25, 0.3) is 0 Å². The molecule has 0 atom stereocenters. The fourth-order valence-corrected chi connectivity index (χ4v) is 4.79. The average molecular weight is 324 g/mol. The molecule has 2 aromatic carbocycles. The van der Waals surface area contributed by atoms with Crippen LogP contribution in [-0.4, -0.2) is 28.3 Å². The highest BCUT2D eigenvalue weighted by Crippen LogP contribution is 2.26. The van der Waals surface area contributed by atoms with Gasteiger partial charge in [0.2, 0.25) is 10.0 Å². The molecule has 0 saturated heterocycles. The maximum atomic E-state index is 12.3. The number of sulfone groups is 1. The zero-order valence-electron chi connectivity index (χ0n) is 10.9. The van der Waals surface area contributed by atoms with Crippen molar-refractivity contribution in [2.75, 3.05) is 11.5 Å². The summed E-state index contributed by atoms with van der Waals surface area (Å²) in [6, 6.07) is 11.3. The number of hydrogen-bond donors (Lipinski definition) is 1. The maximum absolute atomic E-state index is 12.3. The van der Waals surface area contributed by atoms with Gasteiger partial charge in [-0.15, -0.1) is 0 Å². The Kier molecular flexibility index (Phi) is 4.00. The minimum atomic E-state index is -3.86. The van der Waals surface area contributed by atoms with Gasteiger partial charge in [-0.3, -0.25) is 0 Å². The fourth-order valence-electron chi connectivity index (χ4n) is 1.98. The molecule has 2 rings (SSSR count). The van der Waals surface area contributed by atoms with E-state index in [1.165, 1.54) is 12.1 Å². The van der Waals surface area contributed by atoms with E-state index in [1.807, 2.05) is 6.07 Å². The van der Waals surface area contributed by atoms with Crippen LogP contribution in [-0.2, 0) is 19.9 Å². The SMILES string of the molecule is N#Cc1ccc(S(=O)(=O)CCS(N)(=O)=O)c2ccccc12. The van der Waals surface area contributed by atoms with Gasteiger partial charge in [-0.05, 0) is 12.1 Å². The van der Waals surface area contributed by atoms with Gasteiger partial charge in [0.05, 0.1) is 28.0 Å². The molecule has 0 spiro atoms. The molecule has 0 radical (unpaired) electrons. The van der Waals surface area contributed by atoms with E-state index in [4.69, 9.17) is 10.4 Å². The van der Waals surface area contributed by atoms with Crippen LogP contribution in [0.25, 0.3) is 10.8 Å². The molecule has 0 fully saturated rings. The Morgan fingerprint density at radius 2 is 1.57 bits per heavy atom. The molecule has 0 aromatic heterocycles. The number of fused-ring (bicyclic) bond motifs is 1. The second kappa shape index (κ2) is 5.44. The molecule has 0 aliphatic rings. The van der Waals surface area contributed by atoms with Crippen LogP contribution in [0.1, 0.15) is 5.56 Å². The topological polar surface area (TPSA) is 118 Å². The Bertz CT molecular complexity index is 942. The van der Waals surface area contributed by atoms with E-state index in [2.05, 4.69) is 0 Å². The van der Waals surface area contributed by atoms with Crippen molar-refractivity contribution in [2.45, 2.75) is 4.90 Å². The van der Waals surface area contributed by atoms with E-state index in [0.29, 0.717) is 16.3 Å². The molecule has 2 N–H and O–H groups in total. The Morgan fingerprint density at radius 1 is 0.952 bits per heavy atom. The minimum absolute atomic E-state index is 0.000694. The largest absolute Gasteiger partial charge is 0.229 e. The van der Waals surface area contributed by atoms with Gasteiger partial charge in [0, 0.05) is 10.8 Å². The molecular weight excluding hydrogens is 312 g/mol. The van der Waals surface area contributed by atoms with E-state index < -0.39 is 31.4 Å². The maximum Gasteiger partial charge on any atom is 0.210 e. The van der Waals surface area contributed by atoms with E-state index in [9.17, 15) is 16.8 Å². The van der Waals surface area contributed by atoms with Gasteiger partial charge in [-0.2, -0.15) is 5.26 Å². The van der Waals surface area contributed by atoms with E-state index >= 15 is 0 Å².